The molecular weight excluding hydrogens is 418 g/mol. The Bertz CT molecular complexity index is 896. The summed E-state index contributed by atoms with van der Waals surface area (Å²) in [6.45, 7) is 2.42. The summed E-state index contributed by atoms with van der Waals surface area (Å²) in [5, 5.41) is 6.59. The predicted molar refractivity (Wildman–Crippen MR) is 121 cm³/mol. The highest BCUT2D eigenvalue weighted by Gasteiger charge is 2.21. The molecule has 174 valence electrons. The highest BCUT2D eigenvalue weighted by atomic mass is 19.1. The minimum atomic E-state index is -0.715. The van der Waals surface area contributed by atoms with Gasteiger partial charge in [-0.1, -0.05) is 0 Å². The van der Waals surface area contributed by atoms with Crippen LogP contribution in [0, 0.1) is 11.6 Å². The molecular formula is C23H30F2N4O3. The molecule has 3 rings (SSSR count). The minimum absolute atomic E-state index is 0.0256. The third-order valence-electron chi connectivity index (χ3n) is 5.31. The van der Waals surface area contributed by atoms with Gasteiger partial charge in [-0.15, -0.1) is 0 Å². The predicted octanol–water partition coefficient (Wildman–Crippen LogP) is 3.19. The second-order valence-electron chi connectivity index (χ2n) is 7.40. The fourth-order valence-electron chi connectivity index (χ4n) is 3.57. The summed E-state index contributed by atoms with van der Waals surface area (Å²) >= 11 is 0. The van der Waals surface area contributed by atoms with Gasteiger partial charge in [-0.25, -0.2) is 8.78 Å². The quantitative estimate of drug-likeness (QED) is 0.367. The van der Waals surface area contributed by atoms with E-state index in [-0.39, 0.29) is 18.4 Å². The molecule has 1 aliphatic heterocycles. The van der Waals surface area contributed by atoms with Crippen LogP contribution in [0.2, 0.25) is 0 Å². The Balaban J connectivity index is 1.43. The minimum Gasteiger partial charge on any atom is -0.497 e. The molecule has 0 radical (unpaired) electrons. The average molecular weight is 449 g/mol. The number of hydrogen-bond donors (Lipinski definition) is 2. The molecule has 2 aromatic carbocycles. The van der Waals surface area contributed by atoms with E-state index in [1.807, 2.05) is 18.2 Å². The van der Waals surface area contributed by atoms with Crippen molar-refractivity contribution in [1.82, 2.24) is 10.6 Å². The average Bonchev–Trinajstić information content (AvgIpc) is 2.82. The van der Waals surface area contributed by atoms with Gasteiger partial charge in [-0.3, -0.25) is 4.99 Å². The van der Waals surface area contributed by atoms with Crippen LogP contribution in [0.5, 0.6) is 17.2 Å². The number of benzene rings is 2. The SMILES string of the molecule is CN=C(NCCOc1ccc(F)cc1F)NC1CCN(c2cc(OC)cc(OC)c2)CC1. The highest BCUT2D eigenvalue weighted by Crippen LogP contribution is 2.30. The van der Waals surface area contributed by atoms with Gasteiger partial charge in [0.1, 0.15) is 23.9 Å². The van der Waals surface area contributed by atoms with Gasteiger partial charge in [-0.05, 0) is 25.0 Å². The molecule has 0 amide bonds. The molecule has 1 heterocycles. The van der Waals surface area contributed by atoms with Crippen molar-refractivity contribution in [3.05, 3.63) is 48.0 Å². The molecule has 0 bridgehead atoms. The van der Waals surface area contributed by atoms with E-state index in [4.69, 9.17) is 14.2 Å². The van der Waals surface area contributed by atoms with Gasteiger partial charge in [0.2, 0.25) is 0 Å². The number of methoxy groups -OCH3 is 2. The summed E-state index contributed by atoms with van der Waals surface area (Å²) in [5.74, 6) is 0.883. The largest absolute Gasteiger partial charge is 0.497 e. The number of hydrogen-bond acceptors (Lipinski definition) is 5. The van der Waals surface area contributed by atoms with Gasteiger partial charge in [0.25, 0.3) is 0 Å². The van der Waals surface area contributed by atoms with Gasteiger partial charge < -0.3 is 29.7 Å². The molecule has 7 nitrogen and oxygen atoms in total. The van der Waals surface area contributed by atoms with E-state index in [1.54, 1.807) is 21.3 Å². The summed E-state index contributed by atoms with van der Waals surface area (Å²) in [4.78, 5) is 6.56. The third-order valence-corrected chi connectivity index (χ3v) is 5.31. The molecule has 0 spiro atoms. The topological polar surface area (TPSA) is 67.4 Å². The molecule has 0 aromatic heterocycles. The fraction of sp³-hybridized carbons (Fsp3) is 0.435. The lowest BCUT2D eigenvalue weighted by atomic mass is 10.0. The number of halogens is 2. The van der Waals surface area contributed by atoms with Crippen LogP contribution >= 0.6 is 0 Å². The van der Waals surface area contributed by atoms with Crippen molar-refractivity contribution in [2.75, 3.05) is 52.4 Å². The Labute approximate surface area is 187 Å². The zero-order valence-corrected chi connectivity index (χ0v) is 18.7. The van der Waals surface area contributed by atoms with Crippen LogP contribution in [0.1, 0.15) is 12.8 Å². The summed E-state index contributed by atoms with van der Waals surface area (Å²) in [7, 11) is 5.00. The second kappa shape index (κ2) is 11.4. The monoisotopic (exact) mass is 448 g/mol. The molecule has 0 unspecified atom stereocenters. The van der Waals surface area contributed by atoms with Crippen molar-refractivity contribution in [2.45, 2.75) is 18.9 Å². The first-order valence-corrected chi connectivity index (χ1v) is 10.6. The summed E-state index contributed by atoms with van der Waals surface area (Å²) < 4.78 is 42.7. The molecule has 1 aliphatic rings. The van der Waals surface area contributed by atoms with Crippen molar-refractivity contribution in [3.63, 3.8) is 0 Å². The molecule has 9 heteroatoms. The zero-order chi connectivity index (χ0) is 22.9. The van der Waals surface area contributed by atoms with Gasteiger partial charge in [0.05, 0.1) is 20.8 Å². The first kappa shape index (κ1) is 23.4. The normalized spacial score (nSPS) is 14.8. The Kier molecular flexibility index (Phi) is 8.35. The van der Waals surface area contributed by atoms with Crippen LogP contribution in [-0.2, 0) is 0 Å². The van der Waals surface area contributed by atoms with E-state index < -0.39 is 11.6 Å². The van der Waals surface area contributed by atoms with Gasteiger partial charge >= 0.3 is 0 Å². The number of rotatable bonds is 8. The van der Waals surface area contributed by atoms with Crippen molar-refractivity contribution in [3.8, 4) is 17.2 Å². The Morgan fingerprint density at radius 2 is 1.75 bits per heavy atom. The first-order chi connectivity index (χ1) is 15.5. The number of piperidine rings is 1. The van der Waals surface area contributed by atoms with Crippen molar-refractivity contribution in [1.29, 1.82) is 0 Å². The number of aliphatic imine (C=N–C) groups is 1. The first-order valence-electron chi connectivity index (χ1n) is 10.6. The summed E-state index contributed by atoms with van der Waals surface area (Å²) in [6, 6.07) is 9.42. The Hall–Kier alpha value is -3.23. The fourth-order valence-corrected chi connectivity index (χ4v) is 3.57. The number of nitrogens with one attached hydrogen (secondary N) is 2. The van der Waals surface area contributed by atoms with Crippen LogP contribution in [0.15, 0.2) is 41.4 Å². The molecule has 2 N–H and O–H groups in total. The number of anilines is 1. The van der Waals surface area contributed by atoms with E-state index in [2.05, 4.69) is 20.5 Å². The lowest BCUT2D eigenvalue weighted by Crippen LogP contribution is -2.49. The molecule has 2 aromatic rings. The van der Waals surface area contributed by atoms with E-state index in [1.165, 1.54) is 12.1 Å². The molecule has 32 heavy (non-hydrogen) atoms. The van der Waals surface area contributed by atoms with Crippen LogP contribution in [0.25, 0.3) is 0 Å². The van der Waals surface area contributed by atoms with Crippen LogP contribution in [-0.4, -0.2) is 59.5 Å². The van der Waals surface area contributed by atoms with Gasteiger partial charge in [0, 0.05) is 56.1 Å². The third kappa shape index (κ3) is 6.38. The molecule has 0 atom stereocenters. The van der Waals surface area contributed by atoms with E-state index in [0.29, 0.717) is 12.5 Å². The lowest BCUT2D eigenvalue weighted by Gasteiger charge is -2.34. The van der Waals surface area contributed by atoms with Crippen LogP contribution in [0.4, 0.5) is 14.5 Å². The molecule has 1 saturated heterocycles. The van der Waals surface area contributed by atoms with Crippen LogP contribution in [0.3, 0.4) is 0 Å². The van der Waals surface area contributed by atoms with E-state index in [9.17, 15) is 8.78 Å². The maximum absolute atomic E-state index is 13.6. The Morgan fingerprint density at radius 1 is 1.06 bits per heavy atom. The number of guanidine groups is 1. The van der Waals surface area contributed by atoms with Gasteiger partial charge in [-0.2, -0.15) is 0 Å². The highest BCUT2D eigenvalue weighted by molar-refractivity contribution is 5.80. The number of ether oxygens (including phenoxy) is 3. The van der Waals surface area contributed by atoms with E-state index >= 15 is 0 Å². The van der Waals surface area contributed by atoms with E-state index in [0.717, 1.165) is 49.2 Å². The summed E-state index contributed by atoms with van der Waals surface area (Å²) in [5.41, 5.74) is 1.08. The Morgan fingerprint density at radius 3 is 2.34 bits per heavy atom. The van der Waals surface area contributed by atoms with Gasteiger partial charge in [0.15, 0.2) is 17.5 Å². The second-order valence-corrected chi connectivity index (χ2v) is 7.40. The standard InChI is InChI=1S/C23H30F2N4O3/c1-26-23(27-8-11-32-22-5-4-16(24)12-21(22)25)28-17-6-9-29(10-7-17)18-13-19(30-2)15-20(14-18)31-3/h4-5,12-15,17H,6-11H2,1-3H3,(H2,26,27,28). The summed E-state index contributed by atoms with van der Waals surface area (Å²) in [6.07, 6.45) is 1.88. The molecule has 1 fully saturated rings. The maximum Gasteiger partial charge on any atom is 0.191 e. The lowest BCUT2D eigenvalue weighted by molar-refractivity contribution is 0.304. The number of nitrogens with zero attached hydrogens (tertiary/aromatic N) is 2. The molecule has 0 aliphatic carbocycles. The van der Waals surface area contributed by atoms with Crippen molar-refractivity contribution < 1.29 is 23.0 Å². The maximum atomic E-state index is 13.6. The zero-order valence-electron chi connectivity index (χ0n) is 18.7. The molecule has 0 saturated carbocycles. The van der Waals surface area contributed by atoms with Crippen molar-refractivity contribution >= 4 is 11.6 Å². The van der Waals surface area contributed by atoms with Crippen LogP contribution < -0.4 is 29.7 Å². The smallest absolute Gasteiger partial charge is 0.191 e. The van der Waals surface area contributed by atoms with Crippen molar-refractivity contribution in [2.24, 2.45) is 4.99 Å².